The van der Waals surface area contributed by atoms with Crippen LogP contribution in [0.5, 0.6) is 5.75 Å². The molecule has 5 nitrogen and oxygen atoms in total. The second-order valence-corrected chi connectivity index (χ2v) is 5.00. The van der Waals surface area contributed by atoms with Crippen LogP contribution in [-0.4, -0.2) is 41.0 Å². The highest BCUT2D eigenvalue weighted by molar-refractivity contribution is 5.96. The van der Waals surface area contributed by atoms with E-state index >= 15 is 0 Å². The maximum absolute atomic E-state index is 12.3. The molecule has 0 aromatic heterocycles. The molecule has 0 radical (unpaired) electrons. The number of nitrogens with zero attached hydrogens (tertiary/aromatic N) is 1. The lowest BCUT2D eigenvalue weighted by molar-refractivity contribution is -0.121. The van der Waals surface area contributed by atoms with Gasteiger partial charge in [-0.1, -0.05) is 19.1 Å². The summed E-state index contributed by atoms with van der Waals surface area (Å²) in [6.45, 7) is 3.02. The third kappa shape index (κ3) is 3.29. The third-order valence-electron chi connectivity index (χ3n) is 3.60. The van der Waals surface area contributed by atoms with Crippen molar-refractivity contribution in [2.75, 3.05) is 13.1 Å². The number of phenols is 1. The molecule has 0 bridgehead atoms. The monoisotopic (exact) mass is 276 g/mol. The van der Waals surface area contributed by atoms with E-state index in [1.165, 1.54) is 6.07 Å². The summed E-state index contributed by atoms with van der Waals surface area (Å²) in [5, 5.41) is 12.7. The van der Waals surface area contributed by atoms with E-state index in [-0.39, 0.29) is 23.6 Å². The number of piperidine rings is 1. The Balaban J connectivity index is 1.92. The number of carbonyl (C=O) groups excluding carboxylic acids is 2. The molecular formula is C15H20N2O3. The molecule has 2 rings (SSSR count). The average Bonchev–Trinajstić information content (AvgIpc) is 2.47. The number of likely N-dealkylation sites (tertiary alicyclic amines) is 1. The van der Waals surface area contributed by atoms with Gasteiger partial charge in [0.25, 0.3) is 5.91 Å². The van der Waals surface area contributed by atoms with Crippen LogP contribution >= 0.6 is 0 Å². The number of rotatable bonds is 3. The number of nitrogens with one attached hydrogen (secondary N) is 1. The van der Waals surface area contributed by atoms with Gasteiger partial charge in [-0.2, -0.15) is 0 Å². The zero-order valence-electron chi connectivity index (χ0n) is 11.6. The van der Waals surface area contributed by atoms with Crippen LogP contribution < -0.4 is 5.32 Å². The van der Waals surface area contributed by atoms with Crippen molar-refractivity contribution < 1.29 is 14.7 Å². The Hall–Kier alpha value is -2.04. The molecule has 20 heavy (non-hydrogen) atoms. The minimum atomic E-state index is -0.150. The number of benzene rings is 1. The highest BCUT2D eigenvalue weighted by Crippen LogP contribution is 2.20. The zero-order chi connectivity index (χ0) is 14.5. The summed E-state index contributed by atoms with van der Waals surface area (Å²) >= 11 is 0. The number of carbonyl (C=O) groups is 2. The van der Waals surface area contributed by atoms with E-state index < -0.39 is 0 Å². The van der Waals surface area contributed by atoms with Gasteiger partial charge in [-0.3, -0.25) is 9.59 Å². The molecule has 1 aromatic carbocycles. The molecule has 5 heteroatoms. The van der Waals surface area contributed by atoms with Crippen LogP contribution in [0.15, 0.2) is 24.3 Å². The van der Waals surface area contributed by atoms with Gasteiger partial charge in [-0.05, 0) is 25.0 Å². The molecule has 0 aliphatic carbocycles. The fourth-order valence-electron chi connectivity index (χ4n) is 2.38. The van der Waals surface area contributed by atoms with Gasteiger partial charge in [0.2, 0.25) is 5.91 Å². The summed E-state index contributed by atoms with van der Waals surface area (Å²) in [6, 6.07) is 6.72. The zero-order valence-corrected chi connectivity index (χ0v) is 11.6. The van der Waals surface area contributed by atoms with Gasteiger partial charge in [0.1, 0.15) is 5.75 Å². The molecule has 0 unspecified atom stereocenters. The first-order valence-electron chi connectivity index (χ1n) is 6.98. The van der Waals surface area contributed by atoms with Crippen molar-refractivity contribution in [3.05, 3.63) is 29.8 Å². The topological polar surface area (TPSA) is 69.6 Å². The first kappa shape index (κ1) is 14.4. The van der Waals surface area contributed by atoms with E-state index in [1.54, 1.807) is 23.1 Å². The van der Waals surface area contributed by atoms with Gasteiger partial charge in [-0.25, -0.2) is 0 Å². The van der Waals surface area contributed by atoms with E-state index in [0.717, 1.165) is 12.8 Å². The quantitative estimate of drug-likeness (QED) is 0.879. The van der Waals surface area contributed by atoms with Crippen molar-refractivity contribution >= 4 is 11.8 Å². The minimum Gasteiger partial charge on any atom is -0.507 e. The van der Waals surface area contributed by atoms with Gasteiger partial charge in [0.05, 0.1) is 5.56 Å². The first-order chi connectivity index (χ1) is 9.61. The Morgan fingerprint density at radius 3 is 2.55 bits per heavy atom. The third-order valence-corrected chi connectivity index (χ3v) is 3.60. The van der Waals surface area contributed by atoms with E-state index in [4.69, 9.17) is 0 Å². The number of amides is 2. The predicted molar refractivity (Wildman–Crippen MR) is 75.5 cm³/mol. The summed E-state index contributed by atoms with van der Waals surface area (Å²) in [6.07, 6.45) is 1.99. The highest BCUT2D eigenvalue weighted by atomic mass is 16.3. The van der Waals surface area contributed by atoms with Gasteiger partial charge in [0, 0.05) is 25.6 Å². The Labute approximate surface area is 118 Å². The van der Waals surface area contributed by atoms with Gasteiger partial charge in [-0.15, -0.1) is 0 Å². The second kappa shape index (κ2) is 6.41. The number of aromatic hydroxyl groups is 1. The average molecular weight is 276 g/mol. The van der Waals surface area contributed by atoms with Crippen LogP contribution in [-0.2, 0) is 4.79 Å². The van der Waals surface area contributed by atoms with Crippen LogP contribution in [0.1, 0.15) is 36.5 Å². The highest BCUT2D eigenvalue weighted by Gasteiger charge is 2.25. The maximum Gasteiger partial charge on any atom is 0.257 e. The Bertz CT molecular complexity index is 494. The van der Waals surface area contributed by atoms with E-state index in [2.05, 4.69) is 5.32 Å². The molecule has 1 aromatic rings. The standard InChI is InChI=1S/C15H20N2O3/c1-2-14(19)16-11-7-9-17(10-8-11)15(20)12-5-3-4-6-13(12)18/h3-6,11,18H,2,7-10H2,1H3,(H,16,19). The van der Waals surface area contributed by atoms with Crippen molar-refractivity contribution in [2.24, 2.45) is 0 Å². The van der Waals surface area contributed by atoms with Crippen LogP contribution in [0.2, 0.25) is 0 Å². The summed E-state index contributed by atoms with van der Waals surface area (Å²) in [5.41, 5.74) is 0.337. The second-order valence-electron chi connectivity index (χ2n) is 5.00. The van der Waals surface area contributed by atoms with Gasteiger partial charge < -0.3 is 15.3 Å². The number of hydrogen-bond donors (Lipinski definition) is 2. The SMILES string of the molecule is CCC(=O)NC1CCN(C(=O)c2ccccc2O)CC1. The van der Waals surface area contributed by atoms with Crippen molar-refractivity contribution in [3.8, 4) is 5.75 Å². The van der Waals surface area contributed by atoms with Crippen molar-refractivity contribution in [2.45, 2.75) is 32.2 Å². The molecule has 0 atom stereocenters. The molecule has 1 fully saturated rings. The molecule has 0 spiro atoms. The number of hydrogen-bond acceptors (Lipinski definition) is 3. The van der Waals surface area contributed by atoms with Crippen molar-refractivity contribution in [3.63, 3.8) is 0 Å². The van der Waals surface area contributed by atoms with Crippen molar-refractivity contribution in [1.82, 2.24) is 10.2 Å². The lowest BCUT2D eigenvalue weighted by atomic mass is 10.0. The number of para-hydroxylation sites is 1. The van der Waals surface area contributed by atoms with E-state index in [9.17, 15) is 14.7 Å². The fourth-order valence-corrected chi connectivity index (χ4v) is 2.38. The van der Waals surface area contributed by atoms with E-state index in [0.29, 0.717) is 25.1 Å². The minimum absolute atomic E-state index is 0.0129. The lowest BCUT2D eigenvalue weighted by Gasteiger charge is -2.32. The summed E-state index contributed by atoms with van der Waals surface area (Å²) in [5.74, 6) is -0.0854. The van der Waals surface area contributed by atoms with Crippen LogP contribution in [0.25, 0.3) is 0 Å². The van der Waals surface area contributed by atoms with Crippen LogP contribution in [0.4, 0.5) is 0 Å². The molecule has 1 heterocycles. The lowest BCUT2D eigenvalue weighted by Crippen LogP contribution is -2.46. The normalized spacial score (nSPS) is 15.9. The largest absolute Gasteiger partial charge is 0.507 e. The Morgan fingerprint density at radius 1 is 1.30 bits per heavy atom. The van der Waals surface area contributed by atoms with Gasteiger partial charge in [0.15, 0.2) is 0 Å². The maximum atomic E-state index is 12.3. The molecule has 1 aliphatic heterocycles. The molecule has 2 N–H and O–H groups in total. The fraction of sp³-hybridized carbons (Fsp3) is 0.467. The Morgan fingerprint density at radius 2 is 1.95 bits per heavy atom. The van der Waals surface area contributed by atoms with Crippen molar-refractivity contribution in [1.29, 1.82) is 0 Å². The molecule has 1 saturated heterocycles. The molecular weight excluding hydrogens is 256 g/mol. The summed E-state index contributed by atoms with van der Waals surface area (Å²) in [7, 11) is 0. The molecule has 1 aliphatic rings. The summed E-state index contributed by atoms with van der Waals surface area (Å²) < 4.78 is 0. The number of phenolic OH excluding ortho intramolecular Hbond substituents is 1. The van der Waals surface area contributed by atoms with Crippen LogP contribution in [0, 0.1) is 0 Å². The van der Waals surface area contributed by atoms with Crippen LogP contribution in [0.3, 0.4) is 0 Å². The van der Waals surface area contributed by atoms with E-state index in [1.807, 2.05) is 6.92 Å². The Kier molecular flexibility index (Phi) is 4.61. The molecule has 0 saturated carbocycles. The molecule has 108 valence electrons. The van der Waals surface area contributed by atoms with Gasteiger partial charge >= 0.3 is 0 Å². The first-order valence-corrected chi connectivity index (χ1v) is 6.98. The smallest absolute Gasteiger partial charge is 0.257 e. The molecule has 2 amide bonds. The summed E-state index contributed by atoms with van der Waals surface area (Å²) in [4.78, 5) is 25.3. The predicted octanol–water partition coefficient (Wildman–Crippen LogP) is 1.52.